The molecule has 0 spiro atoms. The molecule has 9 heavy (non-hydrogen) atoms. The summed E-state index contributed by atoms with van der Waals surface area (Å²) in [7, 11) is 0. The lowest BCUT2D eigenvalue weighted by Gasteiger charge is -2.20. The summed E-state index contributed by atoms with van der Waals surface area (Å²) in [5.41, 5.74) is 1.09. The SMILES string of the molecule is C=C1CCC([OH2+])C(O)C1. The van der Waals surface area contributed by atoms with Crippen LogP contribution < -0.4 is 0 Å². The first-order valence-corrected chi connectivity index (χ1v) is 3.26. The average Bonchev–Trinajstić information content (AvgIpc) is 1.80. The molecule has 1 rings (SSSR count). The van der Waals surface area contributed by atoms with Crippen molar-refractivity contribution in [3.63, 3.8) is 0 Å². The standard InChI is InChI=1S/C7H12O2/c1-5-2-3-6(8)7(9)4-5/h6-9H,1-4H2/p+1. The molecule has 2 heteroatoms. The summed E-state index contributed by atoms with van der Waals surface area (Å²) in [5.74, 6) is 0. The first-order valence-electron chi connectivity index (χ1n) is 3.26. The van der Waals surface area contributed by atoms with Crippen molar-refractivity contribution < 1.29 is 10.2 Å². The van der Waals surface area contributed by atoms with E-state index in [9.17, 15) is 0 Å². The summed E-state index contributed by atoms with van der Waals surface area (Å²) >= 11 is 0. The molecule has 0 radical (unpaired) electrons. The molecule has 1 saturated carbocycles. The molecule has 3 N–H and O–H groups in total. The van der Waals surface area contributed by atoms with Crippen molar-refractivity contribution in [1.29, 1.82) is 0 Å². The Kier molecular flexibility index (Phi) is 1.88. The van der Waals surface area contributed by atoms with Gasteiger partial charge in [0, 0.05) is 12.8 Å². The van der Waals surface area contributed by atoms with Gasteiger partial charge in [-0.15, -0.1) is 0 Å². The molecule has 1 aliphatic rings. The van der Waals surface area contributed by atoms with Crippen LogP contribution in [0.25, 0.3) is 0 Å². The lowest BCUT2D eigenvalue weighted by Crippen LogP contribution is -2.29. The quantitative estimate of drug-likeness (QED) is 0.368. The van der Waals surface area contributed by atoms with E-state index in [-0.39, 0.29) is 6.10 Å². The van der Waals surface area contributed by atoms with Crippen LogP contribution in [0, 0.1) is 0 Å². The minimum atomic E-state index is -0.453. The molecule has 0 heterocycles. The van der Waals surface area contributed by atoms with Crippen LogP contribution in [0.3, 0.4) is 0 Å². The summed E-state index contributed by atoms with van der Waals surface area (Å²) in [6, 6.07) is 0. The Hall–Kier alpha value is -0.340. The number of rotatable bonds is 0. The van der Waals surface area contributed by atoms with E-state index in [4.69, 9.17) is 10.2 Å². The van der Waals surface area contributed by atoms with Gasteiger partial charge in [0.25, 0.3) is 0 Å². The Morgan fingerprint density at radius 2 is 2.33 bits per heavy atom. The molecule has 0 bridgehead atoms. The Bertz CT molecular complexity index is 120. The molecule has 1 aliphatic carbocycles. The first kappa shape index (κ1) is 6.78. The molecule has 0 aliphatic heterocycles. The highest BCUT2D eigenvalue weighted by Gasteiger charge is 2.25. The van der Waals surface area contributed by atoms with Gasteiger partial charge in [-0.1, -0.05) is 12.2 Å². The van der Waals surface area contributed by atoms with Gasteiger partial charge in [-0.25, -0.2) is 0 Å². The van der Waals surface area contributed by atoms with E-state index in [1.165, 1.54) is 0 Å². The minimum Gasteiger partial charge on any atom is -0.441 e. The smallest absolute Gasteiger partial charge is 0.180 e. The molecule has 2 atom stereocenters. The van der Waals surface area contributed by atoms with E-state index in [1.54, 1.807) is 0 Å². The lowest BCUT2D eigenvalue weighted by atomic mass is 9.91. The molecule has 0 amide bonds. The fraction of sp³-hybridized carbons (Fsp3) is 0.714. The molecular formula is C7H13O2+. The second-order valence-corrected chi connectivity index (χ2v) is 2.67. The molecule has 0 saturated heterocycles. The van der Waals surface area contributed by atoms with Crippen LogP contribution in [0.5, 0.6) is 0 Å². The van der Waals surface area contributed by atoms with Crippen LogP contribution in [0.15, 0.2) is 12.2 Å². The van der Waals surface area contributed by atoms with Gasteiger partial charge in [-0.2, -0.15) is 0 Å². The topological polar surface area (TPSA) is 43.1 Å². The molecule has 0 aromatic carbocycles. The van der Waals surface area contributed by atoms with Gasteiger partial charge < -0.3 is 10.2 Å². The van der Waals surface area contributed by atoms with Gasteiger partial charge in [-0.05, 0) is 6.42 Å². The van der Waals surface area contributed by atoms with E-state index in [0.717, 1.165) is 18.4 Å². The van der Waals surface area contributed by atoms with E-state index < -0.39 is 6.10 Å². The number of hydrogen-bond acceptors (Lipinski definition) is 1. The van der Waals surface area contributed by atoms with Crippen LogP contribution in [-0.4, -0.2) is 22.4 Å². The highest BCUT2D eigenvalue weighted by atomic mass is 16.3. The predicted octanol–water partition coefficient (Wildman–Crippen LogP) is 0.181. The van der Waals surface area contributed by atoms with Crippen molar-refractivity contribution in [2.45, 2.75) is 31.5 Å². The Morgan fingerprint density at radius 1 is 1.67 bits per heavy atom. The first-order chi connectivity index (χ1) is 4.20. The van der Waals surface area contributed by atoms with Gasteiger partial charge >= 0.3 is 0 Å². The fourth-order valence-electron chi connectivity index (χ4n) is 1.09. The van der Waals surface area contributed by atoms with Crippen molar-refractivity contribution >= 4 is 0 Å². The van der Waals surface area contributed by atoms with Crippen molar-refractivity contribution in [2.75, 3.05) is 0 Å². The van der Waals surface area contributed by atoms with Crippen molar-refractivity contribution in [1.82, 2.24) is 0 Å². The molecule has 0 aromatic heterocycles. The normalized spacial score (nSPS) is 36.9. The zero-order chi connectivity index (χ0) is 6.85. The monoisotopic (exact) mass is 129 g/mol. The third-order valence-electron chi connectivity index (χ3n) is 1.77. The summed E-state index contributed by atoms with van der Waals surface area (Å²) in [5, 5.41) is 16.4. The summed E-state index contributed by atoms with van der Waals surface area (Å²) in [4.78, 5) is 0. The van der Waals surface area contributed by atoms with Crippen molar-refractivity contribution in [3.05, 3.63) is 12.2 Å². The molecule has 1 fully saturated rings. The largest absolute Gasteiger partial charge is 0.441 e. The zero-order valence-corrected chi connectivity index (χ0v) is 5.43. The minimum absolute atomic E-state index is 0.268. The van der Waals surface area contributed by atoms with Gasteiger partial charge in [-0.3, -0.25) is 0 Å². The van der Waals surface area contributed by atoms with Crippen LogP contribution in [0.1, 0.15) is 19.3 Å². The van der Waals surface area contributed by atoms with Gasteiger partial charge in [0.1, 0.15) is 6.10 Å². The summed E-state index contributed by atoms with van der Waals surface area (Å²) in [6.45, 7) is 3.76. The molecule has 2 unspecified atom stereocenters. The molecular weight excluding hydrogens is 116 g/mol. The molecule has 52 valence electrons. The summed E-state index contributed by atoms with van der Waals surface area (Å²) < 4.78 is 0. The Balaban J connectivity index is 2.44. The third kappa shape index (κ3) is 1.53. The van der Waals surface area contributed by atoms with Crippen LogP contribution in [0.4, 0.5) is 0 Å². The maximum absolute atomic E-state index is 9.10. The lowest BCUT2D eigenvalue weighted by molar-refractivity contribution is 0.00425. The number of aliphatic hydroxyl groups is 1. The van der Waals surface area contributed by atoms with Gasteiger partial charge in [0.15, 0.2) is 6.10 Å². The van der Waals surface area contributed by atoms with E-state index >= 15 is 0 Å². The third-order valence-corrected chi connectivity index (χ3v) is 1.77. The maximum atomic E-state index is 9.10. The van der Waals surface area contributed by atoms with Gasteiger partial charge in [0.2, 0.25) is 0 Å². The maximum Gasteiger partial charge on any atom is 0.180 e. The molecule has 2 nitrogen and oxygen atoms in total. The van der Waals surface area contributed by atoms with Gasteiger partial charge in [0.05, 0.1) is 0 Å². The second kappa shape index (κ2) is 2.50. The van der Waals surface area contributed by atoms with Crippen LogP contribution in [-0.2, 0) is 0 Å². The number of hydrogen-bond donors (Lipinski definition) is 1. The predicted molar refractivity (Wildman–Crippen MR) is 36.4 cm³/mol. The van der Waals surface area contributed by atoms with E-state index in [2.05, 4.69) is 6.58 Å². The zero-order valence-electron chi connectivity index (χ0n) is 5.43. The highest BCUT2D eigenvalue weighted by molar-refractivity contribution is 5.01. The number of aliphatic hydroxyl groups excluding tert-OH is 1. The molecule has 0 aromatic rings. The fourth-order valence-corrected chi connectivity index (χ4v) is 1.09. The van der Waals surface area contributed by atoms with Crippen LogP contribution >= 0.6 is 0 Å². The average molecular weight is 129 g/mol. The van der Waals surface area contributed by atoms with E-state index in [0.29, 0.717) is 6.42 Å². The van der Waals surface area contributed by atoms with Crippen molar-refractivity contribution in [3.8, 4) is 0 Å². The van der Waals surface area contributed by atoms with Crippen LogP contribution in [0.2, 0.25) is 0 Å². The highest BCUT2D eigenvalue weighted by Crippen LogP contribution is 2.21. The second-order valence-electron chi connectivity index (χ2n) is 2.67. The van der Waals surface area contributed by atoms with E-state index in [1.807, 2.05) is 0 Å². The Labute approximate surface area is 54.8 Å². The summed E-state index contributed by atoms with van der Waals surface area (Å²) in [6.07, 6.45) is 1.61. The Morgan fingerprint density at radius 3 is 2.78 bits per heavy atom. The van der Waals surface area contributed by atoms with Crippen molar-refractivity contribution in [2.24, 2.45) is 0 Å².